The van der Waals surface area contributed by atoms with Crippen molar-refractivity contribution < 1.29 is 22.7 Å². The lowest BCUT2D eigenvalue weighted by Crippen LogP contribution is -2.43. The Morgan fingerprint density at radius 1 is 1.42 bits per heavy atom. The topological polar surface area (TPSA) is 47.4 Å². The molecule has 5 nitrogen and oxygen atoms in total. The molecule has 1 fully saturated rings. The Kier molecular flexibility index (Phi) is 4.67. The van der Waals surface area contributed by atoms with Gasteiger partial charge in [0.25, 0.3) is 0 Å². The molecule has 0 N–H and O–H groups in total. The zero-order valence-corrected chi connectivity index (χ0v) is 13.4. The molecule has 0 aliphatic carbocycles. The van der Waals surface area contributed by atoms with Crippen molar-refractivity contribution in [2.45, 2.75) is 31.5 Å². The Morgan fingerprint density at radius 2 is 2.21 bits per heavy atom. The number of rotatable bonds is 2. The number of halogens is 3. The minimum Gasteiger partial charge on any atom is -0.371 e. The maximum absolute atomic E-state index is 12.8. The zero-order chi connectivity index (χ0) is 17.3. The summed E-state index contributed by atoms with van der Waals surface area (Å²) in [6.45, 7) is 0.665. The number of carbonyl (C=O) groups excluding carboxylic acids is 1. The van der Waals surface area contributed by atoms with E-state index in [9.17, 15) is 18.0 Å². The number of hydrogen-bond donors (Lipinski definition) is 0. The van der Waals surface area contributed by atoms with E-state index in [1.165, 1.54) is 4.90 Å². The Labute approximate surface area is 138 Å². The SMILES string of the molecule is Cn1nccc1[C@@H]1OCCC[C@H]1C(=O)N1CC=C(C(F)(F)F)CC1. The summed E-state index contributed by atoms with van der Waals surface area (Å²) in [4.78, 5) is 14.3. The van der Waals surface area contributed by atoms with Crippen LogP contribution in [0.2, 0.25) is 0 Å². The van der Waals surface area contributed by atoms with E-state index < -0.39 is 17.9 Å². The lowest BCUT2D eigenvalue weighted by molar-refractivity contribution is -0.146. The fourth-order valence-corrected chi connectivity index (χ4v) is 3.35. The van der Waals surface area contributed by atoms with Gasteiger partial charge in [0.15, 0.2) is 0 Å². The summed E-state index contributed by atoms with van der Waals surface area (Å²) >= 11 is 0. The molecule has 132 valence electrons. The van der Waals surface area contributed by atoms with Gasteiger partial charge in [-0.25, -0.2) is 0 Å². The molecule has 1 aromatic heterocycles. The van der Waals surface area contributed by atoms with Crippen LogP contribution in [0.15, 0.2) is 23.9 Å². The predicted octanol–water partition coefficient (Wildman–Crippen LogP) is 2.61. The van der Waals surface area contributed by atoms with E-state index in [0.717, 1.165) is 18.2 Å². The average molecular weight is 343 g/mol. The molecule has 0 spiro atoms. The monoisotopic (exact) mass is 343 g/mol. The quantitative estimate of drug-likeness (QED) is 0.776. The van der Waals surface area contributed by atoms with Crippen LogP contribution in [0.3, 0.4) is 0 Å². The molecule has 0 saturated carbocycles. The van der Waals surface area contributed by atoms with Crippen LogP contribution >= 0.6 is 0 Å². The number of aryl methyl sites for hydroxylation is 1. The molecule has 1 aromatic rings. The van der Waals surface area contributed by atoms with Crippen LogP contribution in [0, 0.1) is 5.92 Å². The van der Waals surface area contributed by atoms with E-state index in [1.54, 1.807) is 17.9 Å². The van der Waals surface area contributed by atoms with Crippen molar-refractivity contribution in [1.29, 1.82) is 0 Å². The first kappa shape index (κ1) is 17.0. The zero-order valence-electron chi connectivity index (χ0n) is 13.4. The van der Waals surface area contributed by atoms with Crippen molar-refractivity contribution in [1.82, 2.24) is 14.7 Å². The molecule has 2 atom stereocenters. The van der Waals surface area contributed by atoms with Gasteiger partial charge < -0.3 is 9.64 Å². The summed E-state index contributed by atoms with van der Waals surface area (Å²) in [5, 5.41) is 4.11. The molecule has 2 aliphatic heterocycles. The third-order valence-electron chi connectivity index (χ3n) is 4.67. The fourth-order valence-electron chi connectivity index (χ4n) is 3.35. The van der Waals surface area contributed by atoms with Gasteiger partial charge in [0, 0.05) is 38.5 Å². The van der Waals surface area contributed by atoms with E-state index in [2.05, 4.69) is 5.10 Å². The highest BCUT2D eigenvalue weighted by Gasteiger charge is 2.39. The van der Waals surface area contributed by atoms with Crippen molar-refractivity contribution in [3.05, 3.63) is 29.6 Å². The van der Waals surface area contributed by atoms with Crippen LogP contribution in [0.5, 0.6) is 0 Å². The van der Waals surface area contributed by atoms with Crippen LogP contribution in [0.25, 0.3) is 0 Å². The van der Waals surface area contributed by atoms with Crippen LogP contribution in [-0.2, 0) is 16.6 Å². The summed E-state index contributed by atoms with van der Waals surface area (Å²) < 4.78 is 45.6. The first-order chi connectivity index (χ1) is 11.4. The predicted molar refractivity (Wildman–Crippen MR) is 80.0 cm³/mol. The number of ether oxygens (including phenoxy) is 1. The molecule has 0 radical (unpaired) electrons. The molecule has 1 amide bonds. The molecular formula is C16H20F3N3O2. The number of carbonyl (C=O) groups is 1. The molecule has 0 aromatic carbocycles. The van der Waals surface area contributed by atoms with Crippen molar-refractivity contribution in [2.75, 3.05) is 19.7 Å². The molecule has 24 heavy (non-hydrogen) atoms. The first-order valence-corrected chi connectivity index (χ1v) is 8.02. The van der Waals surface area contributed by atoms with Crippen LogP contribution in [0.1, 0.15) is 31.1 Å². The number of amides is 1. The number of hydrogen-bond acceptors (Lipinski definition) is 3. The normalized spacial score (nSPS) is 25.5. The van der Waals surface area contributed by atoms with Gasteiger partial charge >= 0.3 is 6.18 Å². The summed E-state index contributed by atoms with van der Waals surface area (Å²) in [7, 11) is 1.79. The molecule has 1 saturated heterocycles. The average Bonchev–Trinajstić information content (AvgIpc) is 2.99. The van der Waals surface area contributed by atoms with Crippen LogP contribution in [0.4, 0.5) is 13.2 Å². The number of aromatic nitrogens is 2. The van der Waals surface area contributed by atoms with E-state index in [1.807, 2.05) is 6.07 Å². The molecule has 0 bridgehead atoms. The van der Waals surface area contributed by atoms with E-state index in [-0.39, 0.29) is 31.3 Å². The standard InChI is InChI=1S/C16H20F3N3O2/c1-21-13(4-7-20-21)14-12(3-2-10-24-14)15(23)22-8-5-11(6-9-22)16(17,18)19/h4-5,7,12,14H,2-3,6,8-10H2,1H3/t12-,14-/m1/s1. The Hall–Kier alpha value is -1.83. The van der Waals surface area contributed by atoms with E-state index >= 15 is 0 Å². The maximum Gasteiger partial charge on any atom is 0.412 e. The van der Waals surface area contributed by atoms with E-state index in [4.69, 9.17) is 4.74 Å². The summed E-state index contributed by atoms with van der Waals surface area (Å²) in [5.74, 6) is -0.520. The highest BCUT2D eigenvalue weighted by Crippen LogP contribution is 2.36. The van der Waals surface area contributed by atoms with Crippen LogP contribution < -0.4 is 0 Å². The fraction of sp³-hybridized carbons (Fsp3) is 0.625. The molecule has 3 heterocycles. The molecular weight excluding hydrogens is 323 g/mol. The highest BCUT2D eigenvalue weighted by atomic mass is 19.4. The lowest BCUT2D eigenvalue weighted by Gasteiger charge is -2.36. The van der Waals surface area contributed by atoms with Crippen molar-refractivity contribution >= 4 is 5.91 Å². The van der Waals surface area contributed by atoms with E-state index in [0.29, 0.717) is 13.0 Å². The minimum atomic E-state index is -4.31. The third-order valence-corrected chi connectivity index (χ3v) is 4.67. The van der Waals surface area contributed by atoms with Gasteiger partial charge in [-0.15, -0.1) is 0 Å². The second kappa shape index (κ2) is 6.58. The van der Waals surface area contributed by atoms with Gasteiger partial charge in [-0.05, 0) is 25.3 Å². The highest BCUT2D eigenvalue weighted by molar-refractivity contribution is 5.80. The first-order valence-electron chi connectivity index (χ1n) is 8.02. The lowest BCUT2D eigenvalue weighted by atomic mass is 9.90. The van der Waals surface area contributed by atoms with Gasteiger partial charge in [0.05, 0.1) is 11.6 Å². The van der Waals surface area contributed by atoms with Gasteiger partial charge in [0.2, 0.25) is 5.91 Å². The smallest absolute Gasteiger partial charge is 0.371 e. The van der Waals surface area contributed by atoms with Gasteiger partial charge in [-0.2, -0.15) is 18.3 Å². The Bertz CT molecular complexity index is 639. The molecule has 3 rings (SSSR count). The van der Waals surface area contributed by atoms with Gasteiger partial charge in [-0.3, -0.25) is 9.48 Å². The van der Waals surface area contributed by atoms with Crippen molar-refractivity contribution in [3.63, 3.8) is 0 Å². The molecule has 2 aliphatic rings. The second-order valence-electron chi connectivity index (χ2n) is 6.18. The Balaban J connectivity index is 1.74. The minimum absolute atomic E-state index is 0.00227. The number of alkyl halides is 3. The Morgan fingerprint density at radius 3 is 2.79 bits per heavy atom. The van der Waals surface area contributed by atoms with Crippen molar-refractivity contribution in [3.8, 4) is 0 Å². The molecule has 0 unspecified atom stereocenters. The van der Waals surface area contributed by atoms with Crippen LogP contribution in [-0.4, -0.2) is 46.5 Å². The summed E-state index contributed by atoms with van der Waals surface area (Å²) in [6, 6.07) is 1.81. The largest absolute Gasteiger partial charge is 0.412 e. The second-order valence-corrected chi connectivity index (χ2v) is 6.18. The number of nitrogens with zero attached hydrogens (tertiary/aromatic N) is 3. The van der Waals surface area contributed by atoms with Gasteiger partial charge in [-0.1, -0.05) is 6.08 Å². The van der Waals surface area contributed by atoms with Gasteiger partial charge in [0.1, 0.15) is 6.10 Å². The third kappa shape index (κ3) is 3.33. The van der Waals surface area contributed by atoms with Crippen molar-refractivity contribution in [2.24, 2.45) is 13.0 Å². The summed E-state index contributed by atoms with van der Waals surface area (Å²) in [5.41, 5.74) is 0.270. The maximum atomic E-state index is 12.8. The summed E-state index contributed by atoms with van der Waals surface area (Å²) in [6.07, 6.45) is -0.659. The molecule has 8 heteroatoms.